The quantitative estimate of drug-likeness (QED) is 0.362. The van der Waals surface area contributed by atoms with E-state index in [4.69, 9.17) is 10.00 Å². The van der Waals surface area contributed by atoms with Gasteiger partial charge in [-0.05, 0) is 56.5 Å². The van der Waals surface area contributed by atoms with Gasteiger partial charge in [0.25, 0.3) is 0 Å². The maximum atomic E-state index is 12.6. The topological polar surface area (TPSA) is 94.5 Å². The molecule has 0 radical (unpaired) electrons. The molecule has 2 atom stereocenters. The molecule has 0 saturated carbocycles. The lowest BCUT2D eigenvalue weighted by molar-refractivity contribution is -0.137. The Hall–Kier alpha value is -3.58. The molecule has 0 aliphatic heterocycles. The highest BCUT2D eigenvalue weighted by molar-refractivity contribution is 5.91. The van der Waals surface area contributed by atoms with Gasteiger partial charge < -0.3 is 20.3 Å². The molecule has 2 aromatic rings. The molecule has 0 aliphatic carbocycles. The Bertz CT molecular complexity index is 1100. The smallest absolute Gasteiger partial charge is 0.373 e. The van der Waals surface area contributed by atoms with E-state index in [1.165, 1.54) is 26.1 Å². The minimum Gasteiger partial charge on any atom is -0.373 e. The first kappa shape index (κ1) is 35.4. The van der Waals surface area contributed by atoms with E-state index in [1.807, 2.05) is 37.3 Å². The van der Waals surface area contributed by atoms with E-state index < -0.39 is 17.3 Å². The summed E-state index contributed by atoms with van der Waals surface area (Å²) in [4.78, 5) is 24.3. The van der Waals surface area contributed by atoms with Crippen LogP contribution in [0.3, 0.4) is 0 Å². The van der Waals surface area contributed by atoms with E-state index in [9.17, 15) is 22.8 Å². The summed E-state index contributed by atoms with van der Waals surface area (Å²) in [6.07, 6.45) is -3.80. The van der Waals surface area contributed by atoms with Gasteiger partial charge in [0.2, 0.25) is 5.91 Å². The molecular weight excluding hydrogens is 509 g/mol. The van der Waals surface area contributed by atoms with Crippen LogP contribution in [0.15, 0.2) is 48.5 Å². The van der Waals surface area contributed by atoms with Crippen LogP contribution in [0.1, 0.15) is 66.5 Å². The molecular formula is C29H41F3N4O3. The molecule has 3 amide bonds. The van der Waals surface area contributed by atoms with E-state index in [0.29, 0.717) is 12.5 Å². The number of nitrogens with one attached hydrogen (secondary N) is 2. The summed E-state index contributed by atoms with van der Waals surface area (Å²) in [6, 6.07) is 13.8. The molecule has 1 unspecified atom stereocenters. The van der Waals surface area contributed by atoms with E-state index in [0.717, 1.165) is 29.1 Å². The van der Waals surface area contributed by atoms with Gasteiger partial charge in [-0.1, -0.05) is 46.4 Å². The standard InChI is InChI=1S/C17H28N2O2.C11H9F3N2O.CH4/c1-6-15(17(5,13(3)4)21-7-2)19-16(20)18-14-11-9-8-10-12-14;1-7(17)16(2)9-4-3-8(6-15)10(5-9)11(12,13)14;/h8-13,15H,6-7H2,1-5H3,(H2,18,19,20);3-5H,1-2H3;1H4/t15-,17?;;/m0../s1. The third kappa shape index (κ3) is 10.2. The van der Waals surface area contributed by atoms with Crippen molar-refractivity contribution in [1.82, 2.24) is 5.32 Å². The van der Waals surface area contributed by atoms with Crippen molar-refractivity contribution in [3.63, 3.8) is 0 Å². The van der Waals surface area contributed by atoms with E-state index in [2.05, 4.69) is 38.3 Å². The molecule has 216 valence electrons. The summed E-state index contributed by atoms with van der Waals surface area (Å²) in [6.45, 7) is 12.2. The zero-order chi connectivity index (χ0) is 29.1. The Kier molecular flexibility index (Phi) is 14.3. The zero-order valence-corrected chi connectivity index (χ0v) is 22.9. The number of hydrogen-bond donors (Lipinski definition) is 2. The number of hydrogen-bond acceptors (Lipinski definition) is 4. The van der Waals surface area contributed by atoms with Gasteiger partial charge in [-0.3, -0.25) is 4.79 Å². The van der Waals surface area contributed by atoms with Gasteiger partial charge >= 0.3 is 12.2 Å². The average Bonchev–Trinajstić information content (AvgIpc) is 2.86. The van der Waals surface area contributed by atoms with Crippen LogP contribution in [0, 0.1) is 17.2 Å². The molecule has 0 saturated heterocycles. The Morgan fingerprint density at radius 2 is 1.69 bits per heavy atom. The van der Waals surface area contributed by atoms with Gasteiger partial charge in [-0.25, -0.2) is 4.79 Å². The fraction of sp³-hybridized carbons (Fsp3) is 0.483. The minimum atomic E-state index is -4.61. The van der Waals surface area contributed by atoms with Crippen LogP contribution in [0.2, 0.25) is 0 Å². The number of nitrogens with zero attached hydrogens (tertiary/aromatic N) is 2. The number of urea groups is 1. The van der Waals surface area contributed by atoms with Gasteiger partial charge in [-0.2, -0.15) is 18.4 Å². The maximum Gasteiger partial charge on any atom is 0.417 e. The number of alkyl halides is 3. The van der Waals surface area contributed by atoms with Crippen molar-refractivity contribution in [3.05, 3.63) is 59.7 Å². The van der Waals surface area contributed by atoms with Crippen LogP contribution in [-0.4, -0.2) is 37.2 Å². The van der Waals surface area contributed by atoms with Gasteiger partial charge in [0, 0.05) is 32.0 Å². The van der Waals surface area contributed by atoms with Gasteiger partial charge in [-0.15, -0.1) is 0 Å². The van der Waals surface area contributed by atoms with Gasteiger partial charge in [0.1, 0.15) is 0 Å². The predicted octanol–water partition coefficient (Wildman–Crippen LogP) is 7.23. The Labute approximate surface area is 230 Å². The number of carbonyl (C=O) groups excluding carboxylic acids is 2. The molecule has 2 aromatic carbocycles. The van der Waals surface area contributed by atoms with Gasteiger partial charge in [0.15, 0.2) is 0 Å². The van der Waals surface area contributed by atoms with Crippen LogP contribution in [-0.2, 0) is 15.7 Å². The second-order valence-electron chi connectivity index (χ2n) is 9.11. The molecule has 0 fully saturated rings. The van der Waals surface area contributed by atoms with Crippen molar-refractivity contribution in [3.8, 4) is 6.07 Å². The molecule has 2 rings (SSSR count). The number of anilines is 2. The van der Waals surface area contributed by atoms with Crippen molar-refractivity contribution < 1.29 is 27.5 Å². The minimum absolute atomic E-state index is 0. The summed E-state index contributed by atoms with van der Waals surface area (Å²) in [5.74, 6) is -0.0812. The second kappa shape index (κ2) is 15.7. The molecule has 0 heterocycles. The van der Waals surface area contributed by atoms with Crippen LogP contribution in [0.25, 0.3) is 0 Å². The Morgan fingerprint density at radius 3 is 2.13 bits per heavy atom. The van der Waals surface area contributed by atoms with Gasteiger partial charge in [0.05, 0.1) is 28.8 Å². The number of amides is 3. The van der Waals surface area contributed by atoms with Crippen molar-refractivity contribution in [2.24, 2.45) is 5.92 Å². The van der Waals surface area contributed by atoms with E-state index in [-0.39, 0.29) is 36.7 Å². The third-order valence-electron chi connectivity index (χ3n) is 6.33. The molecule has 0 aromatic heterocycles. The zero-order valence-electron chi connectivity index (χ0n) is 22.9. The van der Waals surface area contributed by atoms with Crippen molar-refractivity contribution in [1.29, 1.82) is 5.26 Å². The normalized spacial score (nSPS) is 13.0. The number of rotatable bonds is 8. The van der Waals surface area contributed by atoms with Crippen molar-refractivity contribution in [2.45, 2.75) is 73.2 Å². The largest absolute Gasteiger partial charge is 0.417 e. The number of carbonyl (C=O) groups is 2. The van der Waals surface area contributed by atoms with E-state index in [1.54, 1.807) is 0 Å². The highest BCUT2D eigenvalue weighted by Crippen LogP contribution is 2.34. The van der Waals surface area contributed by atoms with Crippen LogP contribution >= 0.6 is 0 Å². The summed E-state index contributed by atoms with van der Waals surface area (Å²) in [5.41, 5.74) is -0.988. The first-order chi connectivity index (χ1) is 17.7. The Morgan fingerprint density at radius 1 is 1.10 bits per heavy atom. The highest BCUT2D eigenvalue weighted by Gasteiger charge is 2.38. The maximum absolute atomic E-state index is 12.6. The average molecular weight is 551 g/mol. The first-order valence-corrected chi connectivity index (χ1v) is 12.3. The van der Waals surface area contributed by atoms with Crippen molar-refractivity contribution in [2.75, 3.05) is 23.9 Å². The van der Waals surface area contributed by atoms with Crippen LogP contribution in [0.5, 0.6) is 0 Å². The molecule has 0 aliphatic rings. The molecule has 2 N–H and O–H groups in total. The number of nitriles is 1. The van der Waals surface area contributed by atoms with Crippen LogP contribution < -0.4 is 15.5 Å². The molecule has 10 heteroatoms. The van der Waals surface area contributed by atoms with E-state index >= 15 is 0 Å². The predicted molar refractivity (Wildman–Crippen MR) is 150 cm³/mol. The SMILES string of the molecule is C.CC(=O)N(C)c1ccc(C#N)c(C(F)(F)F)c1.CCOC(C)(C(C)C)[C@H](CC)NC(=O)Nc1ccccc1. The number of benzene rings is 2. The Balaban J connectivity index is 0.000000737. The first-order valence-electron chi connectivity index (χ1n) is 12.3. The summed E-state index contributed by atoms with van der Waals surface area (Å²) >= 11 is 0. The van der Waals surface area contributed by atoms with Crippen molar-refractivity contribution >= 4 is 23.3 Å². The lowest BCUT2D eigenvalue weighted by Gasteiger charge is -2.40. The lowest BCUT2D eigenvalue weighted by Crippen LogP contribution is -2.56. The number of halogens is 3. The fourth-order valence-corrected chi connectivity index (χ4v) is 3.73. The summed E-state index contributed by atoms with van der Waals surface area (Å²) in [5, 5.41) is 14.5. The lowest BCUT2D eigenvalue weighted by atomic mass is 9.83. The monoisotopic (exact) mass is 550 g/mol. The number of para-hydroxylation sites is 1. The molecule has 0 bridgehead atoms. The third-order valence-corrected chi connectivity index (χ3v) is 6.33. The fourth-order valence-electron chi connectivity index (χ4n) is 3.73. The molecule has 39 heavy (non-hydrogen) atoms. The molecule has 0 spiro atoms. The molecule has 7 nitrogen and oxygen atoms in total. The number of ether oxygens (including phenoxy) is 1. The summed E-state index contributed by atoms with van der Waals surface area (Å²) < 4.78 is 43.8. The van der Waals surface area contributed by atoms with Crippen LogP contribution in [0.4, 0.5) is 29.3 Å². The summed E-state index contributed by atoms with van der Waals surface area (Å²) in [7, 11) is 1.36. The highest BCUT2D eigenvalue weighted by atomic mass is 19.4. The second-order valence-corrected chi connectivity index (χ2v) is 9.11.